The van der Waals surface area contributed by atoms with Gasteiger partial charge in [-0.1, -0.05) is 93.5 Å². The van der Waals surface area contributed by atoms with Crippen molar-refractivity contribution in [1.29, 1.82) is 0 Å². The van der Waals surface area contributed by atoms with Gasteiger partial charge < -0.3 is 0 Å². The Morgan fingerprint density at radius 3 is 1.60 bits per heavy atom. The van der Waals surface area contributed by atoms with Crippen molar-refractivity contribution < 1.29 is 4.92 Å². The minimum atomic E-state index is -0.437. The van der Waals surface area contributed by atoms with Crippen LogP contribution >= 0.6 is 28.6 Å². The number of hydrogen-bond donors (Lipinski definition) is 1. The van der Waals surface area contributed by atoms with Gasteiger partial charge in [0.1, 0.15) is 0 Å². The van der Waals surface area contributed by atoms with Gasteiger partial charge in [-0.25, -0.2) is 0 Å². The quantitative estimate of drug-likeness (QED) is 0.113. The first kappa shape index (κ1) is 24.5. The van der Waals surface area contributed by atoms with Crippen LogP contribution in [0.15, 0.2) is 29.2 Å². The molecule has 0 radical (unpaired) electrons. The highest BCUT2D eigenvalue weighted by Crippen LogP contribution is 2.13. The van der Waals surface area contributed by atoms with Crippen LogP contribution in [0, 0.1) is 10.1 Å². The SMILES string of the molecule is CCCCCCCCCCCCCCBr.O=[N+]([O-])c1ccc(S)cc1. The van der Waals surface area contributed by atoms with Gasteiger partial charge in [-0.3, -0.25) is 10.1 Å². The Hall–Kier alpha value is -0.550. The highest BCUT2D eigenvalue weighted by molar-refractivity contribution is 9.09. The maximum Gasteiger partial charge on any atom is 0.269 e. The van der Waals surface area contributed by atoms with Crippen LogP contribution in [0.2, 0.25) is 0 Å². The van der Waals surface area contributed by atoms with Crippen LogP contribution in [0.4, 0.5) is 5.69 Å². The predicted molar refractivity (Wildman–Crippen MR) is 115 cm³/mol. The van der Waals surface area contributed by atoms with Gasteiger partial charge >= 0.3 is 0 Å². The maximum atomic E-state index is 10.1. The second-order valence-electron chi connectivity index (χ2n) is 6.35. The monoisotopic (exact) mass is 431 g/mol. The summed E-state index contributed by atoms with van der Waals surface area (Å²) in [5, 5.41) is 11.3. The molecule has 3 nitrogen and oxygen atoms in total. The van der Waals surface area contributed by atoms with E-state index in [4.69, 9.17) is 0 Å². The van der Waals surface area contributed by atoms with Gasteiger partial charge in [0, 0.05) is 22.4 Å². The number of unbranched alkanes of at least 4 members (excludes halogenated alkanes) is 11. The van der Waals surface area contributed by atoms with Crippen molar-refractivity contribution in [1.82, 2.24) is 0 Å². The summed E-state index contributed by atoms with van der Waals surface area (Å²) in [7, 11) is 0. The fraction of sp³-hybridized carbons (Fsp3) is 0.700. The lowest BCUT2D eigenvalue weighted by Crippen LogP contribution is -1.85. The molecule has 0 saturated carbocycles. The predicted octanol–water partition coefficient (Wildman–Crippen LogP) is 7.97. The number of thiol groups is 1. The molecule has 1 aromatic rings. The minimum absolute atomic E-state index is 0.0952. The molecule has 144 valence electrons. The van der Waals surface area contributed by atoms with Crippen molar-refractivity contribution >= 4 is 34.2 Å². The molecule has 0 N–H and O–H groups in total. The number of nitrogens with zero attached hydrogens (tertiary/aromatic N) is 1. The molecular formula is C20H34BrNO2S. The molecular weight excluding hydrogens is 398 g/mol. The van der Waals surface area contributed by atoms with Crippen molar-refractivity contribution in [2.75, 3.05) is 5.33 Å². The van der Waals surface area contributed by atoms with Crippen LogP contribution in [-0.4, -0.2) is 10.3 Å². The van der Waals surface area contributed by atoms with Crippen molar-refractivity contribution in [3.8, 4) is 0 Å². The minimum Gasteiger partial charge on any atom is -0.258 e. The molecule has 0 aliphatic rings. The number of benzene rings is 1. The fourth-order valence-corrected chi connectivity index (χ4v) is 3.06. The van der Waals surface area contributed by atoms with E-state index in [1.54, 1.807) is 12.1 Å². The molecule has 0 heterocycles. The second kappa shape index (κ2) is 18.2. The topological polar surface area (TPSA) is 43.1 Å². The first-order valence-corrected chi connectivity index (χ1v) is 11.2. The average molecular weight is 432 g/mol. The lowest BCUT2D eigenvalue weighted by molar-refractivity contribution is -0.384. The molecule has 25 heavy (non-hydrogen) atoms. The van der Waals surface area contributed by atoms with Gasteiger partial charge in [-0.05, 0) is 18.6 Å². The van der Waals surface area contributed by atoms with Gasteiger partial charge in [-0.15, -0.1) is 12.6 Å². The summed E-state index contributed by atoms with van der Waals surface area (Å²) in [6, 6.07) is 6.01. The zero-order valence-electron chi connectivity index (χ0n) is 15.6. The number of rotatable bonds is 13. The molecule has 0 saturated heterocycles. The number of halogens is 1. The van der Waals surface area contributed by atoms with E-state index >= 15 is 0 Å². The van der Waals surface area contributed by atoms with Crippen LogP contribution < -0.4 is 0 Å². The molecule has 0 aromatic heterocycles. The van der Waals surface area contributed by atoms with Crippen LogP contribution in [0.25, 0.3) is 0 Å². The molecule has 5 heteroatoms. The number of alkyl halides is 1. The van der Waals surface area contributed by atoms with Crippen molar-refractivity contribution in [2.24, 2.45) is 0 Å². The van der Waals surface area contributed by atoms with E-state index in [2.05, 4.69) is 35.5 Å². The zero-order chi connectivity index (χ0) is 18.8. The fourth-order valence-electron chi connectivity index (χ4n) is 2.51. The second-order valence-corrected chi connectivity index (χ2v) is 7.66. The highest BCUT2D eigenvalue weighted by atomic mass is 79.9. The first-order valence-electron chi connectivity index (χ1n) is 9.61. The standard InChI is InChI=1S/C14H29Br.C6H5NO2S/c1-2-3-4-5-6-7-8-9-10-11-12-13-14-15;8-7(9)5-1-3-6(10)4-2-5/h2-14H2,1H3;1-4,10H. The molecule has 0 bridgehead atoms. The average Bonchev–Trinajstić information content (AvgIpc) is 2.61. The molecule has 0 atom stereocenters. The summed E-state index contributed by atoms with van der Waals surface area (Å²) < 4.78 is 0. The Labute approximate surface area is 167 Å². The number of hydrogen-bond acceptors (Lipinski definition) is 3. The highest BCUT2D eigenvalue weighted by Gasteiger charge is 2.01. The Morgan fingerprint density at radius 1 is 0.840 bits per heavy atom. The van der Waals surface area contributed by atoms with E-state index < -0.39 is 4.92 Å². The van der Waals surface area contributed by atoms with E-state index in [1.807, 2.05) is 0 Å². The van der Waals surface area contributed by atoms with E-state index in [9.17, 15) is 10.1 Å². The van der Waals surface area contributed by atoms with Gasteiger partial charge in [0.2, 0.25) is 0 Å². The summed E-state index contributed by atoms with van der Waals surface area (Å²) >= 11 is 7.45. The summed E-state index contributed by atoms with van der Waals surface area (Å²) in [4.78, 5) is 10.4. The third-order valence-electron chi connectivity index (χ3n) is 4.05. The van der Waals surface area contributed by atoms with Gasteiger partial charge in [-0.2, -0.15) is 0 Å². The van der Waals surface area contributed by atoms with Crippen LogP contribution in [0.5, 0.6) is 0 Å². The van der Waals surface area contributed by atoms with Gasteiger partial charge in [0.15, 0.2) is 0 Å². The van der Waals surface area contributed by atoms with E-state index in [0.717, 1.165) is 4.90 Å². The maximum absolute atomic E-state index is 10.1. The van der Waals surface area contributed by atoms with E-state index in [-0.39, 0.29) is 5.69 Å². The molecule has 1 aromatic carbocycles. The summed E-state index contributed by atoms with van der Waals surface area (Å²) in [6.07, 6.45) is 17.3. The Bertz CT molecular complexity index is 414. The lowest BCUT2D eigenvalue weighted by atomic mass is 10.1. The van der Waals surface area contributed by atoms with Crippen molar-refractivity contribution in [2.45, 2.75) is 88.9 Å². The van der Waals surface area contributed by atoms with E-state index in [0.29, 0.717) is 0 Å². The van der Waals surface area contributed by atoms with Crippen LogP contribution in [0.1, 0.15) is 84.0 Å². The third kappa shape index (κ3) is 16.7. The smallest absolute Gasteiger partial charge is 0.258 e. The normalized spacial score (nSPS) is 10.2. The summed E-state index contributed by atoms with van der Waals surface area (Å²) in [5.74, 6) is 0. The van der Waals surface area contributed by atoms with Crippen molar-refractivity contribution in [3.05, 3.63) is 34.4 Å². The Morgan fingerprint density at radius 2 is 1.24 bits per heavy atom. The molecule has 0 aliphatic carbocycles. The summed E-state index contributed by atoms with van der Waals surface area (Å²) in [5.41, 5.74) is 0.0952. The lowest BCUT2D eigenvalue weighted by Gasteiger charge is -2.01. The molecule has 1 rings (SSSR count). The van der Waals surface area contributed by atoms with Crippen molar-refractivity contribution in [3.63, 3.8) is 0 Å². The van der Waals surface area contributed by atoms with Gasteiger partial charge in [0.05, 0.1) is 4.92 Å². The van der Waals surface area contributed by atoms with E-state index in [1.165, 1.54) is 94.5 Å². The van der Waals surface area contributed by atoms with Crippen LogP contribution in [-0.2, 0) is 0 Å². The van der Waals surface area contributed by atoms with Gasteiger partial charge in [0.25, 0.3) is 5.69 Å². The molecule has 0 amide bonds. The largest absolute Gasteiger partial charge is 0.269 e. The summed E-state index contributed by atoms with van der Waals surface area (Å²) in [6.45, 7) is 2.28. The number of nitro groups is 1. The zero-order valence-corrected chi connectivity index (χ0v) is 18.1. The number of nitro benzene ring substituents is 1. The Kier molecular flexibility index (Phi) is 17.8. The molecule has 0 unspecified atom stereocenters. The van der Waals surface area contributed by atoms with Crippen LogP contribution in [0.3, 0.4) is 0 Å². The number of non-ortho nitro benzene ring substituents is 1. The Balaban J connectivity index is 0.000000496. The molecule has 0 spiro atoms. The first-order chi connectivity index (χ1) is 12.1. The molecule has 0 aliphatic heterocycles. The molecule has 0 fully saturated rings. The third-order valence-corrected chi connectivity index (χ3v) is 4.91.